The van der Waals surface area contributed by atoms with Gasteiger partial charge in [0.1, 0.15) is 22.9 Å². The quantitative estimate of drug-likeness (QED) is 0.430. The van der Waals surface area contributed by atoms with Gasteiger partial charge in [-0.3, -0.25) is 14.9 Å². The minimum absolute atomic E-state index is 0.000341. The molecule has 3 aliphatic carbocycles. The Labute approximate surface area is 213 Å². The number of rotatable bonds is 7. The van der Waals surface area contributed by atoms with Gasteiger partial charge >= 0.3 is 0 Å². The monoisotopic (exact) mass is 506 g/mol. The van der Waals surface area contributed by atoms with Crippen molar-refractivity contribution in [3.63, 3.8) is 0 Å². The van der Waals surface area contributed by atoms with E-state index in [4.69, 9.17) is 16.0 Å². The maximum absolute atomic E-state index is 15.3. The van der Waals surface area contributed by atoms with Gasteiger partial charge in [0.15, 0.2) is 0 Å². The summed E-state index contributed by atoms with van der Waals surface area (Å²) in [6.07, 6.45) is 5.29. The van der Waals surface area contributed by atoms with Crippen molar-refractivity contribution in [2.24, 2.45) is 17.1 Å². The molecule has 194 valence electrons. The maximum Gasteiger partial charge on any atom is 0.254 e. The number of fused-ring (bicyclic) bond motifs is 1. The first kappa shape index (κ1) is 23.7. The number of hydrogen-bond acceptors (Lipinski definition) is 6. The van der Waals surface area contributed by atoms with Crippen LogP contribution in [0.5, 0.6) is 0 Å². The van der Waals surface area contributed by atoms with Crippen LogP contribution in [0.2, 0.25) is 0 Å². The highest BCUT2D eigenvalue weighted by Crippen LogP contribution is 2.67. The van der Waals surface area contributed by atoms with Crippen LogP contribution in [-0.2, 0) is 10.3 Å². The predicted molar refractivity (Wildman–Crippen MR) is 135 cm³/mol. The number of carbonyl (C=O) groups is 2. The molecule has 0 saturated heterocycles. The normalized spacial score (nSPS) is 25.9. The highest BCUT2D eigenvalue weighted by molar-refractivity contribution is 6.03. The molecule has 37 heavy (non-hydrogen) atoms. The van der Waals surface area contributed by atoms with Crippen LogP contribution in [0.25, 0.3) is 11.3 Å². The summed E-state index contributed by atoms with van der Waals surface area (Å²) in [5.74, 6) is -0.950. The fourth-order valence-electron chi connectivity index (χ4n) is 6.10. The predicted octanol–water partition coefficient (Wildman–Crippen LogP) is 4.51. The number of nitrogens with one attached hydrogen (secondary N) is 1. The van der Waals surface area contributed by atoms with Crippen LogP contribution in [0.1, 0.15) is 86.3 Å². The maximum atomic E-state index is 15.3. The lowest BCUT2D eigenvalue weighted by Crippen LogP contribution is -2.52. The zero-order chi connectivity index (χ0) is 26.3. The average molecular weight is 507 g/mol. The Hall–Kier alpha value is -3.69. The second kappa shape index (κ2) is 7.90. The van der Waals surface area contributed by atoms with E-state index in [1.54, 1.807) is 23.7 Å². The van der Waals surface area contributed by atoms with E-state index >= 15 is 4.39 Å². The molecule has 3 aliphatic rings. The largest absolute Gasteiger partial charge is 0.383 e. The minimum Gasteiger partial charge on any atom is -0.383 e. The molecule has 2 heterocycles. The number of benzene rings is 1. The van der Waals surface area contributed by atoms with Crippen LogP contribution in [0, 0.1) is 17.2 Å². The number of nitrogens with two attached hydrogens (primary N) is 2. The summed E-state index contributed by atoms with van der Waals surface area (Å²) in [5, 5.41) is 11.4. The molecule has 5 N–H and O–H groups in total. The molecule has 0 bridgehead atoms. The highest BCUT2D eigenvalue weighted by Gasteiger charge is 2.57. The van der Waals surface area contributed by atoms with Crippen molar-refractivity contribution in [1.29, 1.82) is 0 Å². The molecule has 9 nitrogen and oxygen atoms in total. The standard InChI is InChI=1S/C27H31FN6O3/c1-13(25(36)31-20-11-19(33-37-20)16-12-26(2)7-6-17(16)26)14-4-5-15(18(28)10-14)22-21(24(30)35)23(29)34(32-22)27(3)8-9-27/h4-5,10-11,13,16-17H,6-9,12,29H2,1-3H3,(H2,30,35)(H,31,36). The van der Waals surface area contributed by atoms with Crippen molar-refractivity contribution >= 4 is 23.5 Å². The van der Waals surface area contributed by atoms with E-state index in [9.17, 15) is 9.59 Å². The van der Waals surface area contributed by atoms with Gasteiger partial charge in [0.05, 0.1) is 17.2 Å². The van der Waals surface area contributed by atoms with Gasteiger partial charge in [-0.05, 0) is 75.0 Å². The number of hydrogen-bond donors (Lipinski definition) is 3. The Morgan fingerprint density at radius 2 is 2.00 bits per heavy atom. The highest BCUT2D eigenvalue weighted by atomic mass is 19.1. The van der Waals surface area contributed by atoms with Crippen molar-refractivity contribution in [3.8, 4) is 11.3 Å². The van der Waals surface area contributed by atoms with Gasteiger partial charge in [-0.2, -0.15) is 5.10 Å². The summed E-state index contributed by atoms with van der Waals surface area (Å²) in [6, 6.07) is 6.21. The van der Waals surface area contributed by atoms with Crippen molar-refractivity contribution in [2.75, 3.05) is 11.1 Å². The molecule has 2 amide bonds. The third-order valence-electron chi connectivity index (χ3n) is 9.04. The van der Waals surface area contributed by atoms with Gasteiger partial charge in [0.25, 0.3) is 5.91 Å². The number of primary amides is 1. The fraction of sp³-hybridized carbons (Fsp3) is 0.481. The summed E-state index contributed by atoms with van der Waals surface area (Å²) >= 11 is 0. The lowest BCUT2D eigenvalue weighted by molar-refractivity contribution is -0.117. The van der Waals surface area contributed by atoms with Gasteiger partial charge in [-0.25, -0.2) is 9.07 Å². The summed E-state index contributed by atoms with van der Waals surface area (Å²) in [4.78, 5) is 25.1. The number of halogens is 1. The second-order valence-electron chi connectivity index (χ2n) is 11.6. The number of carbonyl (C=O) groups excluding carboxylic acids is 2. The third-order valence-corrected chi connectivity index (χ3v) is 9.04. The summed E-state index contributed by atoms with van der Waals surface area (Å²) in [7, 11) is 0. The Morgan fingerprint density at radius 1 is 1.24 bits per heavy atom. The van der Waals surface area contributed by atoms with E-state index in [-0.39, 0.29) is 40.0 Å². The van der Waals surface area contributed by atoms with Crippen LogP contribution in [0.15, 0.2) is 28.8 Å². The minimum atomic E-state index is -0.769. The lowest BCUT2D eigenvalue weighted by Gasteiger charge is -2.61. The number of nitrogens with zero attached hydrogens (tertiary/aromatic N) is 3. The first-order valence-electron chi connectivity index (χ1n) is 12.8. The molecule has 0 aliphatic heterocycles. The first-order valence-corrected chi connectivity index (χ1v) is 12.8. The molecule has 4 unspecified atom stereocenters. The van der Waals surface area contributed by atoms with Gasteiger partial charge in [-0.15, -0.1) is 0 Å². The molecule has 3 saturated carbocycles. The Kier molecular flexibility index (Phi) is 5.06. The molecule has 2 aromatic heterocycles. The van der Waals surface area contributed by atoms with Crippen molar-refractivity contribution < 1.29 is 18.5 Å². The van der Waals surface area contributed by atoms with Gasteiger partial charge in [-0.1, -0.05) is 18.1 Å². The molecular formula is C27H31FN6O3. The Bertz CT molecular complexity index is 1440. The zero-order valence-electron chi connectivity index (χ0n) is 21.2. The van der Waals surface area contributed by atoms with E-state index < -0.39 is 17.6 Å². The summed E-state index contributed by atoms with van der Waals surface area (Å²) in [6.45, 7) is 5.97. The van der Waals surface area contributed by atoms with Crippen LogP contribution < -0.4 is 16.8 Å². The molecule has 6 rings (SSSR count). The van der Waals surface area contributed by atoms with Crippen LogP contribution >= 0.6 is 0 Å². The van der Waals surface area contributed by atoms with E-state index in [0.29, 0.717) is 22.8 Å². The molecule has 1 aromatic carbocycles. The molecule has 0 spiro atoms. The Morgan fingerprint density at radius 3 is 2.57 bits per heavy atom. The number of aromatic nitrogens is 3. The van der Waals surface area contributed by atoms with E-state index in [1.165, 1.54) is 25.0 Å². The first-order chi connectivity index (χ1) is 17.5. The topological polar surface area (TPSA) is 142 Å². The zero-order valence-corrected chi connectivity index (χ0v) is 21.2. The molecule has 3 fully saturated rings. The smallest absolute Gasteiger partial charge is 0.254 e. The molecular weight excluding hydrogens is 475 g/mol. The van der Waals surface area contributed by atoms with E-state index in [2.05, 4.69) is 22.5 Å². The number of nitrogen functional groups attached to an aromatic ring is 1. The van der Waals surface area contributed by atoms with E-state index in [1.807, 2.05) is 6.92 Å². The van der Waals surface area contributed by atoms with E-state index in [0.717, 1.165) is 25.0 Å². The number of anilines is 2. The molecule has 4 atom stereocenters. The molecule has 10 heteroatoms. The van der Waals surface area contributed by atoms with Crippen LogP contribution in [0.4, 0.5) is 16.1 Å². The third kappa shape index (κ3) is 3.64. The lowest BCUT2D eigenvalue weighted by atomic mass is 9.43. The van der Waals surface area contributed by atoms with Crippen molar-refractivity contribution in [3.05, 3.63) is 46.9 Å². The SMILES string of the molecule is CC(C(=O)Nc1cc(C2CC3(C)CCC23)no1)c1ccc(-c2nn(C3(C)CC3)c(N)c2C(N)=O)c(F)c1. The molecule has 0 radical (unpaired) electrons. The fourth-order valence-corrected chi connectivity index (χ4v) is 6.10. The Balaban J connectivity index is 1.19. The average Bonchev–Trinajstić information content (AvgIpc) is 3.25. The van der Waals surface area contributed by atoms with Gasteiger partial charge < -0.3 is 16.0 Å². The van der Waals surface area contributed by atoms with Gasteiger partial charge in [0.2, 0.25) is 11.8 Å². The second-order valence-corrected chi connectivity index (χ2v) is 11.6. The van der Waals surface area contributed by atoms with Crippen molar-refractivity contribution in [1.82, 2.24) is 14.9 Å². The summed E-state index contributed by atoms with van der Waals surface area (Å²) < 4.78 is 22.3. The van der Waals surface area contributed by atoms with Crippen LogP contribution in [0.3, 0.4) is 0 Å². The molecule has 3 aromatic rings. The van der Waals surface area contributed by atoms with Crippen molar-refractivity contribution in [2.45, 2.75) is 70.3 Å². The summed E-state index contributed by atoms with van der Waals surface area (Å²) in [5.41, 5.74) is 13.4. The number of amides is 2. The van der Waals surface area contributed by atoms with Gasteiger partial charge in [0, 0.05) is 17.5 Å². The van der Waals surface area contributed by atoms with Crippen LogP contribution in [-0.4, -0.2) is 26.8 Å².